The zero-order valence-corrected chi connectivity index (χ0v) is 19.6. The molecule has 1 aliphatic heterocycles. The monoisotopic (exact) mass is 489 g/mol. The number of aromatic amines is 1. The van der Waals surface area contributed by atoms with Crippen LogP contribution in [-0.4, -0.2) is 60.6 Å². The van der Waals surface area contributed by atoms with E-state index < -0.39 is 12.1 Å². The van der Waals surface area contributed by atoms with E-state index in [1.165, 1.54) is 6.42 Å². The predicted molar refractivity (Wildman–Crippen MR) is 123 cm³/mol. The van der Waals surface area contributed by atoms with Crippen LogP contribution in [0.3, 0.4) is 0 Å². The first-order chi connectivity index (χ1) is 16.5. The lowest BCUT2D eigenvalue weighted by Crippen LogP contribution is -2.42. The molecule has 35 heavy (non-hydrogen) atoms. The van der Waals surface area contributed by atoms with Crippen molar-refractivity contribution in [1.82, 2.24) is 24.8 Å². The minimum atomic E-state index is -5.08. The Kier molecular flexibility index (Phi) is 7.88. The summed E-state index contributed by atoms with van der Waals surface area (Å²) < 4.78 is 31.7. The normalized spacial score (nSPS) is 15.8. The van der Waals surface area contributed by atoms with Crippen LogP contribution in [0.5, 0.6) is 0 Å². The molecule has 4 rings (SSSR count). The van der Waals surface area contributed by atoms with Crippen LogP contribution in [0.15, 0.2) is 36.8 Å². The summed E-state index contributed by atoms with van der Waals surface area (Å²) in [6.45, 7) is 6.91. The van der Waals surface area contributed by atoms with Gasteiger partial charge in [0.2, 0.25) is 0 Å². The second-order valence-corrected chi connectivity index (χ2v) is 8.33. The number of H-pyrrole nitrogens is 1. The van der Waals surface area contributed by atoms with Gasteiger partial charge in [-0.2, -0.15) is 13.2 Å². The van der Waals surface area contributed by atoms with E-state index in [1.807, 2.05) is 36.9 Å². The van der Waals surface area contributed by atoms with Crippen LogP contribution in [0.2, 0.25) is 0 Å². The van der Waals surface area contributed by atoms with E-state index in [1.54, 1.807) is 18.6 Å². The second kappa shape index (κ2) is 10.7. The first-order valence-electron chi connectivity index (χ1n) is 11.0. The lowest BCUT2D eigenvalue weighted by molar-refractivity contribution is -0.192. The third-order valence-electron chi connectivity index (χ3n) is 5.76. The largest absolute Gasteiger partial charge is 0.490 e. The summed E-state index contributed by atoms with van der Waals surface area (Å²) in [4.78, 5) is 40.4. The van der Waals surface area contributed by atoms with Gasteiger partial charge in [0.1, 0.15) is 5.69 Å². The second-order valence-electron chi connectivity index (χ2n) is 8.33. The average molecular weight is 489 g/mol. The highest BCUT2D eigenvalue weighted by atomic mass is 19.4. The van der Waals surface area contributed by atoms with E-state index in [4.69, 9.17) is 9.90 Å². The molecule has 0 spiro atoms. The van der Waals surface area contributed by atoms with Crippen molar-refractivity contribution in [2.24, 2.45) is 0 Å². The SMILES string of the molecule is Cc1nc(-c2cc(-c3cncc(C(=O)N4CCCCC4C)c3)ccn2)[nH]c1C.O=C(O)C(F)(F)F. The molecule has 1 saturated heterocycles. The summed E-state index contributed by atoms with van der Waals surface area (Å²) in [7, 11) is 0. The molecule has 11 heteroatoms. The number of aliphatic carboxylic acids is 1. The van der Waals surface area contributed by atoms with Crippen LogP contribution >= 0.6 is 0 Å². The highest BCUT2D eigenvalue weighted by Gasteiger charge is 2.38. The van der Waals surface area contributed by atoms with E-state index in [9.17, 15) is 18.0 Å². The summed E-state index contributed by atoms with van der Waals surface area (Å²) >= 11 is 0. The van der Waals surface area contributed by atoms with E-state index in [2.05, 4.69) is 26.9 Å². The van der Waals surface area contributed by atoms with Gasteiger partial charge in [-0.25, -0.2) is 9.78 Å². The van der Waals surface area contributed by atoms with Crippen molar-refractivity contribution >= 4 is 11.9 Å². The lowest BCUT2D eigenvalue weighted by Gasteiger charge is -2.33. The number of pyridine rings is 2. The number of aryl methyl sites for hydroxylation is 2. The number of imidazole rings is 1. The fourth-order valence-electron chi connectivity index (χ4n) is 3.69. The number of carbonyl (C=O) groups excluding carboxylic acids is 1. The summed E-state index contributed by atoms with van der Waals surface area (Å²) in [6, 6.07) is 6.12. The van der Waals surface area contributed by atoms with E-state index >= 15 is 0 Å². The Morgan fingerprint density at radius 3 is 2.46 bits per heavy atom. The lowest BCUT2D eigenvalue weighted by atomic mass is 10.0. The third kappa shape index (κ3) is 6.43. The van der Waals surface area contributed by atoms with E-state index in [0.29, 0.717) is 5.56 Å². The van der Waals surface area contributed by atoms with Crippen molar-refractivity contribution in [3.63, 3.8) is 0 Å². The maximum atomic E-state index is 13.0. The van der Waals surface area contributed by atoms with Gasteiger partial charge in [-0.05, 0) is 63.8 Å². The standard InChI is InChI=1S/C22H25N5O.C2HF3O2/c1-14-6-4-5-9-27(14)22(28)19-10-18(12-23-13-19)17-7-8-24-20(11-17)21-25-15(2)16(3)26-21;3-2(4,5)1(6)7/h7-8,10-14H,4-6,9H2,1-3H3,(H,25,26);(H,6,7). The maximum absolute atomic E-state index is 13.0. The number of hydrogen-bond acceptors (Lipinski definition) is 5. The Labute approximate surface area is 200 Å². The van der Waals surface area contributed by atoms with Crippen LogP contribution in [0.25, 0.3) is 22.6 Å². The number of likely N-dealkylation sites (tertiary alicyclic amines) is 1. The summed E-state index contributed by atoms with van der Waals surface area (Å²) in [5.74, 6) is -1.94. The van der Waals surface area contributed by atoms with Crippen LogP contribution in [-0.2, 0) is 4.79 Å². The number of nitrogens with one attached hydrogen (secondary N) is 1. The number of alkyl halides is 3. The number of nitrogens with zero attached hydrogens (tertiary/aromatic N) is 4. The number of carbonyl (C=O) groups is 2. The molecule has 2 N–H and O–H groups in total. The third-order valence-corrected chi connectivity index (χ3v) is 5.76. The van der Waals surface area contributed by atoms with Crippen molar-refractivity contribution in [3.8, 4) is 22.6 Å². The Balaban J connectivity index is 0.000000429. The highest BCUT2D eigenvalue weighted by molar-refractivity contribution is 5.95. The van der Waals surface area contributed by atoms with Gasteiger partial charge in [0, 0.05) is 42.4 Å². The molecule has 1 unspecified atom stereocenters. The minimum absolute atomic E-state index is 0.0631. The molecule has 0 radical (unpaired) electrons. The highest BCUT2D eigenvalue weighted by Crippen LogP contribution is 2.25. The van der Waals surface area contributed by atoms with Crippen molar-refractivity contribution in [2.45, 2.75) is 52.3 Å². The van der Waals surface area contributed by atoms with Crippen molar-refractivity contribution in [1.29, 1.82) is 0 Å². The molecular weight excluding hydrogens is 463 g/mol. The average Bonchev–Trinajstić information content (AvgIpc) is 3.17. The molecule has 1 atom stereocenters. The quantitative estimate of drug-likeness (QED) is 0.547. The number of rotatable bonds is 3. The van der Waals surface area contributed by atoms with E-state index in [0.717, 1.165) is 53.4 Å². The zero-order valence-electron chi connectivity index (χ0n) is 19.6. The fourth-order valence-corrected chi connectivity index (χ4v) is 3.69. The smallest absolute Gasteiger partial charge is 0.475 e. The summed E-state index contributed by atoms with van der Waals surface area (Å²) in [5, 5.41) is 7.12. The molecule has 1 aliphatic rings. The van der Waals surface area contributed by atoms with Gasteiger partial charge >= 0.3 is 12.1 Å². The Bertz CT molecular complexity index is 1190. The molecule has 0 aliphatic carbocycles. The molecule has 3 aromatic heterocycles. The Morgan fingerprint density at radius 2 is 1.86 bits per heavy atom. The topological polar surface area (TPSA) is 112 Å². The maximum Gasteiger partial charge on any atom is 0.490 e. The zero-order chi connectivity index (χ0) is 25.8. The van der Waals surface area contributed by atoms with Gasteiger partial charge in [0.05, 0.1) is 11.3 Å². The molecule has 186 valence electrons. The van der Waals surface area contributed by atoms with Crippen LogP contribution in [0, 0.1) is 13.8 Å². The first kappa shape index (κ1) is 25.9. The molecule has 0 aromatic carbocycles. The van der Waals surface area contributed by atoms with Gasteiger partial charge < -0.3 is 15.0 Å². The van der Waals surface area contributed by atoms with Crippen LogP contribution in [0.4, 0.5) is 13.2 Å². The first-order valence-corrected chi connectivity index (χ1v) is 11.0. The molecule has 1 fully saturated rings. The number of aromatic nitrogens is 4. The van der Waals surface area contributed by atoms with Crippen LogP contribution in [0.1, 0.15) is 47.9 Å². The molecule has 8 nitrogen and oxygen atoms in total. The molecule has 3 aromatic rings. The van der Waals surface area contributed by atoms with Gasteiger partial charge in [-0.15, -0.1) is 0 Å². The van der Waals surface area contributed by atoms with Crippen LogP contribution < -0.4 is 0 Å². The number of amides is 1. The summed E-state index contributed by atoms with van der Waals surface area (Å²) in [6.07, 6.45) is 3.45. The molecule has 4 heterocycles. The van der Waals surface area contributed by atoms with E-state index in [-0.39, 0.29) is 11.9 Å². The number of halogens is 3. The molecule has 1 amide bonds. The molecule has 0 saturated carbocycles. The van der Waals surface area contributed by atoms with Gasteiger partial charge in [-0.3, -0.25) is 14.8 Å². The molecule has 0 bridgehead atoms. The Morgan fingerprint density at radius 1 is 1.14 bits per heavy atom. The summed E-state index contributed by atoms with van der Waals surface area (Å²) in [5.41, 5.74) is 5.27. The van der Waals surface area contributed by atoms with Gasteiger partial charge in [0.25, 0.3) is 5.91 Å². The fraction of sp³-hybridized carbons (Fsp3) is 0.375. The predicted octanol–water partition coefficient (Wildman–Crippen LogP) is 4.80. The number of piperidine rings is 1. The van der Waals surface area contributed by atoms with Crippen molar-refractivity contribution in [2.75, 3.05) is 6.54 Å². The molecular formula is C24H26F3N5O3. The van der Waals surface area contributed by atoms with Crippen molar-refractivity contribution < 1.29 is 27.9 Å². The minimum Gasteiger partial charge on any atom is -0.475 e. The van der Waals surface area contributed by atoms with Crippen molar-refractivity contribution in [3.05, 3.63) is 53.7 Å². The van der Waals surface area contributed by atoms with Gasteiger partial charge in [-0.1, -0.05) is 0 Å². The Hall–Kier alpha value is -3.76. The van der Waals surface area contributed by atoms with Gasteiger partial charge in [0.15, 0.2) is 5.82 Å². The number of carboxylic acid groups (broad SMARTS) is 1. The number of carboxylic acids is 1. The number of hydrogen-bond donors (Lipinski definition) is 2.